The van der Waals surface area contributed by atoms with Gasteiger partial charge in [-0.05, 0) is 31.0 Å². The van der Waals surface area contributed by atoms with Crippen LogP contribution in [0.3, 0.4) is 0 Å². The number of fused-ring (bicyclic) bond motifs is 1. The Kier molecular flexibility index (Phi) is 2.09. The van der Waals surface area contributed by atoms with Crippen LogP contribution in [0, 0.1) is 0 Å². The summed E-state index contributed by atoms with van der Waals surface area (Å²) in [6.07, 6.45) is 7.76. The molecule has 3 heterocycles. The van der Waals surface area contributed by atoms with Crippen molar-refractivity contribution in [1.82, 2.24) is 19.5 Å². The monoisotopic (exact) mass is 251 g/mol. The van der Waals surface area contributed by atoms with Gasteiger partial charge in [0.2, 0.25) is 0 Å². The number of aromatic nitrogens is 4. The van der Waals surface area contributed by atoms with Crippen molar-refractivity contribution in [3.8, 4) is 11.4 Å². The van der Waals surface area contributed by atoms with Gasteiger partial charge in [-0.15, -0.1) is 0 Å². The molecule has 3 aromatic rings. The van der Waals surface area contributed by atoms with Gasteiger partial charge in [0, 0.05) is 24.0 Å². The first-order chi connectivity index (χ1) is 9.33. The zero-order valence-corrected chi connectivity index (χ0v) is 10.3. The van der Waals surface area contributed by atoms with E-state index in [4.69, 9.17) is 10.7 Å². The standard InChI is InChI=1S/C14H13N5/c15-13-7-9(3-6-17-13)14-18-11-8-16-5-4-12(11)19(14)10-1-2-10/h3-8,10H,1-2H2,(H2,15,17). The van der Waals surface area contributed by atoms with Crippen molar-refractivity contribution in [2.24, 2.45) is 0 Å². The van der Waals surface area contributed by atoms with E-state index in [1.807, 2.05) is 30.6 Å². The third-order valence-electron chi connectivity index (χ3n) is 3.44. The Balaban J connectivity index is 2.00. The van der Waals surface area contributed by atoms with Crippen LogP contribution >= 0.6 is 0 Å². The van der Waals surface area contributed by atoms with E-state index in [2.05, 4.69) is 14.5 Å². The topological polar surface area (TPSA) is 69.6 Å². The molecule has 94 valence electrons. The molecule has 0 radical (unpaired) electrons. The normalized spacial score (nSPS) is 14.9. The first kappa shape index (κ1) is 10.5. The number of rotatable bonds is 2. The molecule has 0 aliphatic heterocycles. The second-order valence-electron chi connectivity index (χ2n) is 4.87. The van der Waals surface area contributed by atoms with Crippen molar-refractivity contribution in [3.63, 3.8) is 0 Å². The molecule has 5 nitrogen and oxygen atoms in total. The molecule has 0 bridgehead atoms. The van der Waals surface area contributed by atoms with E-state index >= 15 is 0 Å². The molecule has 1 aliphatic rings. The van der Waals surface area contributed by atoms with E-state index in [9.17, 15) is 0 Å². The van der Waals surface area contributed by atoms with Crippen LogP contribution in [0.5, 0.6) is 0 Å². The number of anilines is 1. The van der Waals surface area contributed by atoms with Crippen LogP contribution < -0.4 is 5.73 Å². The summed E-state index contributed by atoms with van der Waals surface area (Å²) in [4.78, 5) is 12.9. The molecule has 19 heavy (non-hydrogen) atoms. The molecule has 5 heteroatoms. The lowest BCUT2D eigenvalue weighted by Gasteiger charge is -2.07. The lowest BCUT2D eigenvalue weighted by atomic mass is 10.2. The Morgan fingerprint density at radius 1 is 1.21 bits per heavy atom. The summed E-state index contributed by atoms with van der Waals surface area (Å²) >= 11 is 0. The Morgan fingerprint density at radius 2 is 2.11 bits per heavy atom. The van der Waals surface area contributed by atoms with Crippen molar-refractivity contribution in [1.29, 1.82) is 0 Å². The van der Waals surface area contributed by atoms with E-state index < -0.39 is 0 Å². The SMILES string of the molecule is Nc1cc(-c2nc3cnccc3n2C2CC2)ccn1. The number of nitrogens with zero attached hydrogens (tertiary/aromatic N) is 4. The summed E-state index contributed by atoms with van der Waals surface area (Å²) in [5.41, 5.74) is 8.85. The smallest absolute Gasteiger partial charge is 0.141 e. The van der Waals surface area contributed by atoms with Crippen LogP contribution in [0.4, 0.5) is 5.82 Å². The minimum absolute atomic E-state index is 0.519. The zero-order chi connectivity index (χ0) is 12.8. The second kappa shape index (κ2) is 3.78. The summed E-state index contributed by atoms with van der Waals surface area (Å²) in [7, 11) is 0. The van der Waals surface area contributed by atoms with Crippen LogP contribution in [-0.2, 0) is 0 Å². The van der Waals surface area contributed by atoms with Gasteiger partial charge in [-0.25, -0.2) is 9.97 Å². The van der Waals surface area contributed by atoms with Crippen molar-refractivity contribution in [2.45, 2.75) is 18.9 Å². The third kappa shape index (κ3) is 1.66. The fourth-order valence-corrected chi connectivity index (χ4v) is 2.44. The highest BCUT2D eigenvalue weighted by molar-refractivity contribution is 5.80. The predicted octanol–water partition coefficient (Wildman–Crippen LogP) is 2.41. The van der Waals surface area contributed by atoms with E-state index in [0.717, 1.165) is 22.4 Å². The molecule has 3 aromatic heterocycles. The number of hydrogen-bond acceptors (Lipinski definition) is 4. The summed E-state index contributed by atoms with van der Waals surface area (Å²) in [6.45, 7) is 0. The Bertz CT molecular complexity index is 757. The average molecular weight is 251 g/mol. The Hall–Kier alpha value is -2.43. The summed E-state index contributed by atoms with van der Waals surface area (Å²) in [5.74, 6) is 1.48. The number of nitrogens with two attached hydrogens (primary N) is 1. The molecule has 0 atom stereocenters. The predicted molar refractivity (Wildman–Crippen MR) is 73.4 cm³/mol. The Morgan fingerprint density at radius 3 is 2.89 bits per heavy atom. The molecule has 0 unspecified atom stereocenters. The molecule has 4 rings (SSSR count). The van der Waals surface area contributed by atoms with Gasteiger partial charge >= 0.3 is 0 Å². The van der Waals surface area contributed by atoms with Gasteiger partial charge in [-0.1, -0.05) is 0 Å². The van der Waals surface area contributed by atoms with Gasteiger partial charge in [0.1, 0.15) is 17.2 Å². The first-order valence-electron chi connectivity index (χ1n) is 6.37. The highest BCUT2D eigenvalue weighted by Crippen LogP contribution is 2.41. The lowest BCUT2D eigenvalue weighted by Crippen LogP contribution is -1.98. The van der Waals surface area contributed by atoms with E-state index in [0.29, 0.717) is 11.9 Å². The van der Waals surface area contributed by atoms with E-state index in [1.165, 1.54) is 12.8 Å². The molecule has 1 saturated carbocycles. The van der Waals surface area contributed by atoms with Gasteiger partial charge in [-0.3, -0.25) is 4.98 Å². The van der Waals surface area contributed by atoms with Gasteiger partial charge in [0.25, 0.3) is 0 Å². The fourth-order valence-electron chi connectivity index (χ4n) is 2.44. The highest BCUT2D eigenvalue weighted by Gasteiger charge is 2.28. The molecular weight excluding hydrogens is 238 g/mol. The maximum absolute atomic E-state index is 5.77. The molecule has 1 aliphatic carbocycles. The lowest BCUT2D eigenvalue weighted by molar-refractivity contribution is 0.775. The largest absolute Gasteiger partial charge is 0.384 e. The van der Waals surface area contributed by atoms with Gasteiger partial charge < -0.3 is 10.3 Å². The summed E-state index contributed by atoms with van der Waals surface area (Å²) < 4.78 is 2.30. The van der Waals surface area contributed by atoms with Crippen LogP contribution in [-0.4, -0.2) is 19.5 Å². The second-order valence-corrected chi connectivity index (χ2v) is 4.87. The minimum Gasteiger partial charge on any atom is -0.384 e. The third-order valence-corrected chi connectivity index (χ3v) is 3.44. The maximum atomic E-state index is 5.77. The average Bonchev–Trinajstić information content (AvgIpc) is 3.18. The van der Waals surface area contributed by atoms with Crippen LogP contribution in [0.2, 0.25) is 0 Å². The first-order valence-corrected chi connectivity index (χ1v) is 6.37. The number of imidazole rings is 1. The van der Waals surface area contributed by atoms with Crippen molar-refractivity contribution in [2.75, 3.05) is 5.73 Å². The van der Waals surface area contributed by atoms with E-state index in [1.54, 1.807) is 6.20 Å². The molecule has 2 N–H and O–H groups in total. The van der Waals surface area contributed by atoms with Crippen molar-refractivity contribution < 1.29 is 0 Å². The molecule has 0 amide bonds. The number of pyridine rings is 2. The molecule has 1 fully saturated rings. The fraction of sp³-hybridized carbons (Fsp3) is 0.214. The molecule has 0 aromatic carbocycles. The van der Waals surface area contributed by atoms with Crippen molar-refractivity contribution >= 4 is 16.9 Å². The van der Waals surface area contributed by atoms with Crippen LogP contribution in [0.1, 0.15) is 18.9 Å². The number of hydrogen-bond donors (Lipinski definition) is 1. The van der Waals surface area contributed by atoms with Crippen LogP contribution in [0.15, 0.2) is 36.8 Å². The quantitative estimate of drug-likeness (QED) is 0.759. The van der Waals surface area contributed by atoms with Gasteiger partial charge in [-0.2, -0.15) is 0 Å². The molecule has 0 saturated heterocycles. The van der Waals surface area contributed by atoms with Gasteiger partial charge in [0.05, 0.1) is 11.7 Å². The van der Waals surface area contributed by atoms with Crippen molar-refractivity contribution in [3.05, 3.63) is 36.8 Å². The number of nitrogen functional groups attached to an aromatic ring is 1. The highest BCUT2D eigenvalue weighted by atomic mass is 15.1. The van der Waals surface area contributed by atoms with E-state index in [-0.39, 0.29) is 0 Å². The maximum Gasteiger partial charge on any atom is 0.141 e. The zero-order valence-electron chi connectivity index (χ0n) is 10.3. The molecule has 0 spiro atoms. The molecular formula is C14H13N5. The van der Waals surface area contributed by atoms with Gasteiger partial charge in [0.15, 0.2) is 0 Å². The summed E-state index contributed by atoms with van der Waals surface area (Å²) in [6, 6.07) is 6.39. The minimum atomic E-state index is 0.519. The summed E-state index contributed by atoms with van der Waals surface area (Å²) in [5, 5.41) is 0. The Labute approximate surface area is 110 Å². The van der Waals surface area contributed by atoms with Crippen LogP contribution in [0.25, 0.3) is 22.4 Å².